The van der Waals surface area contributed by atoms with Crippen LogP contribution in [0.25, 0.3) is 16.7 Å². The number of nitrogens with zero attached hydrogens (tertiary/aromatic N) is 5. The monoisotopic (exact) mass is 509 g/mol. The van der Waals surface area contributed by atoms with Crippen LogP contribution in [-0.2, 0) is 9.47 Å². The van der Waals surface area contributed by atoms with E-state index in [4.69, 9.17) is 26.1 Å². The lowest BCUT2D eigenvalue weighted by Gasteiger charge is -2.30. The number of aromatic nitrogens is 4. The van der Waals surface area contributed by atoms with Gasteiger partial charge in [0.2, 0.25) is 0 Å². The molecule has 0 aliphatic rings. The number of methoxy groups -OCH3 is 2. The Morgan fingerprint density at radius 1 is 1.11 bits per heavy atom. The Morgan fingerprint density at radius 2 is 1.89 bits per heavy atom. The molecule has 0 fully saturated rings. The van der Waals surface area contributed by atoms with E-state index in [1.165, 1.54) is 14.2 Å². The molecule has 9 nitrogen and oxygen atoms in total. The van der Waals surface area contributed by atoms with Crippen molar-refractivity contribution in [2.24, 2.45) is 0 Å². The second-order valence-corrected chi connectivity index (χ2v) is 9.46. The third kappa shape index (κ3) is 5.59. The summed E-state index contributed by atoms with van der Waals surface area (Å²) in [5.74, 6) is 7.05. The van der Waals surface area contributed by atoms with Gasteiger partial charge in [-0.1, -0.05) is 29.5 Å². The van der Waals surface area contributed by atoms with Crippen molar-refractivity contribution < 1.29 is 19.7 Å². The smallest absolute Gasteiger partial charge is 0.257 e. The van der Waals surface area contributed by atoms with Gasteiger partial charge in [0.05, 0.1) is 24.3 Å². The maximum atomic E-state index is 11.1. The Labute approximate surface area is 214 Å². The molecule has 0 bridgehead atoms. The number of aliphatic hydroxyl groups is 2. The fourth-order valence-corrected chi connectivity index (χ4v) is 4.41. The number of anilines is 2. The van der Waals surface area contributed by atoms with E-state index in [0.29, 0.717) is 22.2 Å². The van der Waals surface area contributed by atoms with Gasteiger partial charge in [0.25, 0.3) is 5.78 Å². The predicted molar refractivity (Wildman–Crippen MR) is 139 cm³/mol. The van der Waals surface area contributed by atoms with Gasteiger partial charge < -0.3 is 24.6 Å². The summed E-state index contributed by atoms with van der Waals surface area (Å²) in [7, 11) is 4.87. The van der Waals surface area contributed by atoms with Crippen molar-refractivity contribution in [2.75, 3.05) is 39.4 Å². The van der Waals surface area contributed by atoms with Crippen LogP contribution in [0.5, 0.6) is 0 Å². The number of halogens is 1. The zero-order valence-electron chi connectivity index (χ0n) is 20.6. The van der Waals surface area contributed by atoms with Crippen LogP contribution in [0.1, 0.15) is 18.9 Å². The molecule has 10 heteroatoms. The lowest BCUT2D eigenvalue weighted by Crippen LogP contribution is -2.44. The van der Waals surface area contributed by atoms with E-state index in [9.17, 15) is 10.2 Å². The van der Waals surface area contributed by atoms with Crippen LogP contribution in [0.3, 0.4) is 0 Å². The van der Waals surface area contributed by atoms with E-state index in [1.807, 2.05) is 54.4 Å². The first kappa shape index (κ1) is 25.8. The highest BCUT2D eigenvalue weighted by Gasteiger charge is 2.35. The Kier molecular flexibility index (Phi) is 7.45. The molecule has 0 amide bonds. The van der Waals surface area contributed by atoms with Gasteiger partial charge in [-0.3, -0.25) is 4.40 Å². The maximum absolute atomic E-state index is 11.1. The molecule has 36 heavy (non-hydrogen) atoms. The quantitative estimate of drug-likeness (QED) is 0.349. The first-order valence-electron chi connectivity index (χ1n) is 11.2. The van der Waals surface area contributed by atoms with Crippen LogP contribution in [0, 0.1) is 11.8 Å². The van der Waals surface area contributed by atoms with Gasteiger partial charge >= 0.3 is 0 Å². The van der Waals surface area contributed by atoms with Crippen LogP contribution >= 0.6 is 11.6 Å². The average Bonchev–Trinajstić information content (AvgIpc) is 3.31. The molecule has 2 N–H and O–H groups in total. The average molecular weight is 510 g/mol. The van der Waals surface area contributed by atoms with Gasteiger partial charge in [-0.05, 0) is 43.3 Å². The van der Waals surface area contributed by atoms with Gasteiger partial charge in [0.15, 0.2) is 5.60 Å². The summed E-state index contributed by atoms with van der Waals surface area (Å²) in [6, 6.07) is 13.1. The third-order valence-corrected chi connectivity index (χ3v) is 5.93. The van der Waals surface area contributed by atoms with Crippen LogP contribution in [0.15, 0.2) is 48.8 Å². The highest BCUT2D eigenvalue weighted by molar-refractivity contribution is 6.31. The highest BCUT2D eigenvalue weighted by atomic mass is 35.5. The molecule has 0 aliphatic heterocycles. The summed E-state index contributed by atoms with van der Waals surface area (Å²) < 4.78 is 12.0. The molecule has 2 atom stereocenters. The summed E-state index contributed by atoms with van der Waals surface area (Å²) >= 11 is 6.25. The lowest BCUT2D eigenvalue weighted by molar-refractivity contribution is -0.0846. The molecular formula is C26H28ClN5O4. The van der Waals surface area contributed by atoms with Crippen molar-refractivity contribution in [3.8, 4) is 11.8 Å². The molecule has 188 valence electrons. The molecule has 2 aromatic heterocycles. The van der Waals surface area contributed by atoms with E-state index in [0.717, 1.165) is 16.6 Å². The summed E-state index contributed by atoms with van der Waals surface area (Å²) in [5.41, 5.74) is -0.487. The van der Waals surface area contributed by atoms with E-state index in [1.54, 1.807) is 17.7 Å². The normalized spacial score (nSPS) is 14.8. The standard InChI is InChI=1S/C26H28ClN5O4/c1-25(33,15-35-3)14-26(34,16-36-4)11-10-18-6-5-7-20(12-18)31(2)23-21-9-8-19(27)13-22(21)32-17-28-30-24(32)29-23/h5-9,12-13,17,33-34H,14-16H2,1-4H3. The highest BCUT2D eigenvalue weighted by Crippen LogP contribution is 2.32. The van der Waals surface area contributed by atoms with Crippen molar-refractivity contribution in [3.63, 3.8) is 0 Å². The maximum Gasteiger partial charge on any atom is 0.257 e. The van der Waals surface area contributed by atoms with Crippen LogP contribution < -0.4 is 4.90 Å². The summed E-state index contributed by atoms with van der Waals surface area (Å²) in [4.78, 5) is 6.64. The van der Waals surface area contributed by atoms with Gasteiger partial charge in [-0.2, -0.15) is 4.98 Å². The van der Waals surface area contributed by atoms with E-state index >= 15 is 0 Å². The zero-order valence-corrected chi connectivity index (χ0v) is 21.3. The third-order valence-electron chi connectivity index (χ3n) is 5.70. The van der Waals surface area contributed by atoms with Crippen molar-refractivity contribution in [1.82, 2.24) is 19.6 Å². The van der Waals surface area contributed by atoms with Gasteiger partial charge in [0, 0.05) is 49.3 Å². The van der Waals surface area contributed by atoms with E-state index in [2.05, 4.69) is 22.0 Å². The molecule has 4 aromatic rings. The lowest BCUT2D eigenvalue weighted by atomic mass is 9.89. The van der Waals surface area contributed by atoms with Gasteiger partial charge in [-0.25, -0.2) is 0 Å². The first-order valence-corrected chi connectivity index (χ1v) is 11.6. The summed E-state index contributed by atoms with van der Waals surface area (Å²) in [6.07, 6.45) is 1.57. The second-order valence-electron chi connectivity index (χ2n) is 9.03. The Hall–Kier alpha value is -3.26. The second kappa shape index (κ2) is 10.4. The predicted octanol–water partition coefficient (Wildman–Crippen LogP) is 3.22. The van der Waals surface area contributed by atoms with Crippen LogP contribution in [0.2, 0.25) is 5.02 Å². The van der Waals surface area contributed by atoms with E-state index < -0.39 is 11.2 Å². The number of ether oxygens (including phenoxy) is 2. The number of hydrogen-bond donors (Lipinski definition) is 2. The molecule has 4 rings (SSSR count). The van der Waals surface area contributed by atoms with Crippen molar-refractivity contribution in [3.05, 3.63) is 59.4 Å². The molecule has 0 spiro atoms. The SMILES string of the molecule is COCC(C)(O)CC(O)(C#Cc1cccc(N(C)c2nc3nncn3c3cc(Cl)ccc23)c1)COC. The summed E-state index contributed by atoms with van der Waals surface area (Å²) in [6.45, 7) is 1.59. The summed E-state index contributed by atoms with van der Waals surface area (Å²) in [5, 5.41) is 31.2. The molecule has 2 heterocycles. The van der Waals surface area contributed by atoms with Gasteiger partial charge in [0.1, 0.15) is 12.1 Å². The molecular weight excluding hydrogens is 482 g/mol. The number of fused-ring (bicyclic) bond motifs is 3. The largest absolute Gasteiger partial charge is 0.388 e. The minimum absolute atomic E-state index is 0.0366. The topological polar surface area (TPSA) is 105 Å². The first-order chi connectivity index (χ1) is 17.1. The molecule has 0 saturated carbocycles. The number of hydrogen-bond acceptors (Lipinski definition) is 8. The minimum Gasteiger partial charge on any atom is -0.388 e. The Morgan fingerprint density at radius 3 is 2.64 bits per heavy atom. The molecule has 2 unspecified atom stereocenters. The van der Waals surface area contributed by atoms with Crippen molar-refractivity contribution in [2.45, 2.75) is 24.5 Å². The van der Waals surface area contributed by atoms with E-state index in [-0.39, 0.29) is 19.6 Å². The van der Waals surface area contributed by atoms with Gasteiger partial charge in [-0.15, -0.1) is 10.2 Å². The van der Waals surface area contributed by atoms with Crippen molar-refractivity contribution >= 4 is 39.8 Å². The van der Waals surface area contributed by atoms with Crippen LogP contribution in [-0.4, -0.2) is 75.5 Å². The fourth-order valence-electron chi connectivity index (χ4n) is 4.24. The molecule has 0 saturated heterocycles. The Bertz CT molecular complexity index is 1440. The fraction of sp³-hybridized carbons (Fsp3) is 0.346. The van der Waals surface area contributed by atoms with Crippen molar-refractivity contribution in [1.29, 1.82) is 0 Å². The minimum atomic E-state index is -1.56. The molecule has 0 radical (unpaired) electrons. The molecule has 2 aromatic carbocycles. The zero-order chi connectivity index (χ0) is 25.9. The Balaban J connectivity index is 1.69. The van der Waals surface area contributed by atoms with Crippen LogP contribution in [0.4, 0.5) is 11.5 Å². The molecule has 0 aliphatic carbocycles. The number of rotatable bonds is 8. The number of benzene rings is 2.